The van der Waals surface area contributed by atoms with Crippen LogP contribution in [0.4, 0.5) is 11.4 Å². The average Bonchev–Trinajstić information content (AvgIpc) is 2.46. The molecule has 2 rings (SSSR count). The van der Waals surface area contributed by atoms with Crippen molar-refractivity contribution in [3.8, 4) is 6.07 Å². The van der Waals surface area contributed by atoms with Gasteiger partial charge in [-0.15, -0.1) is 0 Å². The largest absolute Gasteiger partial charge is 0.363 e. The summed E-state index contributed by atoms with van der Waals surface area (Å²) in [5.41, 5.74) is 1.09. The Balaban J connectivity index is 2.28. The van der Waals surface area contributed by atoms with Gasteiger partial charge in [0.1, 0.15) is 5.69 Å². The van der Waals surface area contributed by atoms with E-state index < -0.39 is 0 Å². The Hall–Kier alpha value is -2.13. The molecule has 1 aliphatic heterocycles. The molecular formula is C13H16N4O2. The Labute approximate surface area is 112 Å². The summed E-state index contributed by atoms with van der Waals surface area (Å²) < 4.78 is 0. The van der Waals surface area contributed by atoms with Crippen molar-refractivity contribution in [2.75, 3.05) is 37.6 Å². The number of likely N-dealkylation sites (N-methyl/N-ethyl adjacent to an activating group) is 1. The molecule has 6 nitrogen and oxygen atoms in total. The van der Waals surface area contributed by atoms with Gasteiger partial charge < -0.3 is 9.80 Å². The Morgan fingerprint density at radius 2 is 2.05 bits per heavy atom. The summed E-state index contributed by atoms with van der Waals surface area (Å²) >= 11 is 0. The third kappa shape index (κ3) is 2.83. The van der Waals surface area contributed by atoms with Gasteiger partial charge in [-0.1, -0.05) is 6.92 Å². The highest BCUT2D eigenvalue weighted by molar-refractivity contribution is 5.66. The summed E-state index contributed by atoms with van der Waals surface area (Å²) in [6, 6.07) is 6.55. The van der Waals surface area contributed by atoms with Gasteiger partial charge in [-0.05, 0) is 18.7 Å². The first-order valence-electron chi connectivity index (χ1n) is 6.31. The first kappa shape index (κ1) is 13.3. The first-order chi connectivity index (χ1) is 9.15. The number of nitriles is 1. The van der Waals surface area contributed by atoms with E-state index in [4.69, 9.17) is 5.26 Å². The maximum atomic E-state index is 11.1. The van der Waals surface area contributed by atoms with Crippen molar-refractivity contribution < 1.29 is 4.92 Å². The molecule has 1 heterocycles. The number of piperazine rings is 1. The lowest BCUT2D eigenvalue weighted by molar-refractivity contribution is -0.384. The molecular weight excluding hydrogens is 244 g/mol. The molecule has 0 N–H and O–H groups in total. The highest BCUT2D eigenvalue weighted by Gasteiger charge is 2.23. The number of hydrogen-bond acceptors (Lipinski definition) is 5. The number of rotatable bonds is 3. The Bertz CT molecular complexity index is 516. The summed E-state index contributed by atoms with van der Waals surface area (Å²) in [5.74, 6) is 0. The minimum absolute atomic E-state index is 0.0731. The minimum Gasteiger partial charge on any atom is -0.363 e. The topological polar surface area (TPSA) is 73.4 Å². The van der Waals surface area contributed by atoms with Gasteiger partial charge in [-0.3, -0.25) is 10.1 Å². The van der Waals surface area contributed by atoms with Crippen LogP contribution in [0.3, 0.4) is 0 Å². The molecule has 0 unspecified atom stereocenters. The summed E-state index contributed by atoms with van der Waals surface area (Å²) in [5, 5.41) is 20.0. The molecule has 6 heteroatoms. The smallest absolute Gasteiger partial charge is 0.292 e. The van der Waals surface area contributed by atoms with Crippen molar-refractivity contribution in [3.63, 3.8) is 0 Å². The fraction of sp³-hybridized carbons (Fsp3) is 0.462. The van der Waals surface area contributed by atoms with Crippen molar-refractivity contribution in [2.24, 2.45) is 0 Å². The molecule has 19 heavy (non-hydrogen) atoms. The maximum Gasteiger partial charge on any atom is 0.292 e. The maximum absolute atomic E-state index is 11.1. The number of nitro groups is 1. The van der Waals surface area contributed by atoms with E-state index in [0.717, 1.165) is 32.7 Å². The first-order valence-corrected chi connectivity index (χ1v) is 6.31. The van der Waals surface area contributed by atoms with E-state index in [1.165, 1.54) is 12.1 Å². The van der Waals surface area contributed by atoms with Gasteiger partial charge in [-0.25, -0.2) is 0 Å². The fourth-order valence-corrected chi connectivity index (χ4v) is 2.31. The van der Waals surface area contributed by atoms with Crippen molar-refractivity contribution >= 4 is 11.4 Å². The van der Waals surface area contributed by atoms with Crippen LogP contribution >= 0.6 is 0 Å². The molecule has 0 aliphatic carbocycles. The van der Waals surface area contributed by atoms with E-state index in [2.05, 4.69) is 11.8 Å². The van der Waals surface area contributed by atoms with Crippen molar-refractivity contribution in [1.29, 1.82) is 5.26 Å². The van der Waals surface area contributed by atoms with Crippen molar-refractivity contribution in [2.45, 2.75) is 6.92 Å². The lowest BCUT2D eigenvalue weighted by Crippen LogP contribution is -2.46. The summed E-state index contributed by atoms with van der Waals surface area (Å²) in [6.07, 6.45) is 0. The van der Waals surface area contributed by atoms with E-state index in [9.17, 15) is 10.1 Å². The standard InChI is InChI=1S/C13H16N4O2/c1-2-15-5-7-16(8-6-15)13-9-11(10-14)3-4-12(13)17(18)19/h3-4,9H,2,5-8H2,1H3. The van der Waals surface area contributed by atoms with E-state index in [1.807, 2.05) is 11.0 Å². The van der Waals surface area contributed by atoms with Crippen LogP contribution in [0, 0.1) is 21.4 Å². The lowest BCUT2D eigenvalue weighted by Gasteiger charge is -2.35. The van der Waals surface area contributed by atoms with Gasteiger partial charge >= 0.3 is 0 Å². The molecule has 0 spiro atoms. The quantitative estimate of drug-likeness (QED) is 0.609. The number of nitro benzene ring substituents is 1. The monoisotopic (exact) mass is 260 g/mol. The van der Waals surface area contributed by atoms with Crippen LogP contribution in [0.15, 0.2) is 18.2 Å². The molecule has 0 atom stereocenters. The molecule has 0 bridgehead atoms. The summed E-state index contributed by atoms with van der Waals surface area (Å²) in [7, 11) is 0. The zero-order valence-corrected chi connectivity index (χ0v) is 10.9. The highest BCUT2D eigenvalue weighted by atomic mass is 16.6. The molecule has 0 aromatic heterocycles. The van der Waals surface area contributed by atoms with Crippen LogP contribution < -0.4 is 4.90 Å². The van der Waals surface area contributed by atoms with Gasteiger partial charge in [-0.2, -0.15) is 5.26 Å². The van der Waals surface area contributed by atoms with E-state index in [-0.39, 0.29) is 10.6 Å². The average molecular weight is 260 g/mol. The minimum atomic E-state index is -0.386. The molecule has 0 amide bonds. The van der Waals surface area contributed by atoms with Gasteiger partial charge in [0, 0.05) is 32.2 Å². The van der Waals surface area contributed by atoms with Gasteiger partial charge in [0.05, 0.1) is 16.6 Å². The molecule has 1 aromatic carbocycles. The molecule has 1 aliphatic rings. The number of hydrogen-bond donors (Lipinski definition) is 0. The van der Waals surface area contributed by atoms with Crippen LogP contribution in [0.25, 0.3) is 0 Å². The van der Waals surface area contributed by atoms with E-state index in [0.29, 0.717) is 11.3 Å². The molecule has 1 saturated heterocycles. The second-order valence-electron chi connectivity index (χ2n) is 4.49. The predicted octanol–water partition coefficient (Wildman–Crippen LogP) is 1.61. The number of nitrogens with zero attached hydrogens (tertiary/aromatic N) is 4. The summed E-state index contributed by atoms with van der Waals surface area (Å²) in [4.78, 5) is 15.0. The van der Waals surface area contributed by atoms with Crippen LogP contribution in [0.5, 0.6) is 0 Å². The zero-order chi connectivity index (χ0) is 13.8. The number of anilines is 1. The molecule has 1 fully saturated rings. The summed E-state index contributed by atoms with van der Waals surface area (Å²) in [6.45, 7) is 6.39. The Morgan fingerprint density at radius 1 is 1.37 bits per heavy atom. The Kier molecular flexibility index (Phi) is 3.97. The van der Waals surface area contributed by atoms with Crippen LogP contribution in [-0.2, 0) is 0 Å². The second-order valence-corrected chi connectivity index (χ2v) is 4.49. The van der Waals surface area contributed by atoms with E-state index >= 15 is 0 Å². The van der Waals surface area contributed by atoms with Crippen LogP contribution in [0.2, 0.25) is 0 Å². The van der Waals surface area contributed by atoms with Crippen LogP contribution in [0.1, 0.15) is 12.5 Å². The predicted molar refractivity (Wildman–Crippen MR) is 72.1 cm³/mol. The van der Waals surface area contributed by atoms with Crippen molar-refractivity contribution in [3.05, 3.63) is 33.9 Å². The SMILES string of the molecule is CCN1CCN(c2cc(C#N)ccc2[N+](=O)[O-])CC1. The third-order valence-corrected chi connectivity index (χ3v) is 3.46. The molecule has 100 valence electrons. The fourth-order valence-electron chi connectivity index (χ4n) is 2.31. The van der Waals surface area contributed by atoms with E-state index in [1.54, 1.807) is 6.07 Å². The Morgan fingerprint density at radius 3 is 2.58 bits per heavy atom. The number of benzene rings is 1. The van der Waals surface area contributed by atoms with Gasteiger partial charge in [0.25, 0.3) is 5.69 Å². The van der Waals surface area contributed by atoms with Gasteiger partial charge in [0.15, 0.2) is 0 Å². The highest BCUT2D eigenvalue weighted by Crippen LogP contribution is 2.29. The third-order valence-electron chi connectivity index (χ3n) is 3.46. The van der Waals surface area contributed by atoms with Crippen molar-refractivity contribution in [1.82, 2.24) is 4.90 Å². The lowest BCUT2D eigenvalue weighted by atomic mass is 10.1. The zero-order valence-electron chi connectivity index (χ0n) is 10.9. The van der Waals surface area contributed by atoms with Gasteiger partial charge in [0.2, 0.25) is 0 Å². The molecule has 0 saturated carbocycles. The second kappa shape index (κ2) is 5.67. The molecule has 0 radical (unpaired) electrons. The van der Waals surface area contributed by atoms with Crippen LogP contribution in [-0.4, -0.2) is 42.5 Å². The molecule has 1 aromatic rings. The normalized spacial score (nSPS) is 16.1.